The highest BCUT2D eigenvalue weighted by Crippen LogP contribution is 2.39. The zero-order chi connectivity index (χ0) is 47.5. The number of aromatic hydroxyl groups is 2. The second-order valence-corrected chi connectivity index (χ2v) is 17.9. The summed E-state index contributed by atoms with van der Waals surface area (Å²) in [5.74, 6) is -7.53. The largest absolute Gasteiger partial charge is 0.507 e. The Morgan fingerprint density at radius 2 is 1.27 bits per heavy atom. The van der Waals surface area contributed by atoms with Crippen LogP contribution in [-0.4, -0.2) is 104 Å². The first-order valence-corrected chi connectivity index (χ1v) is 23.3. The summed E-state index contributed by atoms with van der Waals surface area (Å²) in [7, 11) is 2.86. The van der Waals surface area contributed by atoms with Crippen LogP contribution in [0.5, 0.6) is 11.5 Å². The summed E-state index contributed by atoms with van der Waals surface area (Å²) in [6.45, 7) is 6.22. The number of phenols is 2. The molecule has 4 bridgehead atoms. The number of nitrogens with one attached hydrogen (secondary N) is 1. The number of fused-ring (bicyclic) bond motifs is 5. The SMILES string of the molecule is CCCCCCCCCCCCCCCC(=O)N(C)[C@H](CO)C(=O)C(C)[C@H](C)C(=O)CCC(=O)N(C)[C@@H]1C(=O)C[C@@H](C)C(=O)N[C@H](C(=O)O)Cc2ccc(O)c(c2)-c2cc1ccc2O. The summed E-state index contributed by atoms with van der Waals surface area (Å²) in [5.41, 5.74) is 0.952. The fourth-order valence-corrected chi connectivity index (χ4v) is 8.40. The molecule has 3 rings (SSSR count). The highest BCUT2D eigenvalue weighted by Gasteiger charge is 2.36. The first-order chi connectivity index (χ1) is 30.4. The Balaban J connectivity index is 1.63. The molecule has 64 heavy (non-hydrogen) atoms. The van der Waals surface area contributed by atoms with Crippen molar-refractivity contribution in [3.8, 4) is 22.6 Å². The quantitative estimate of drug-likeness (QED) is 0.0616. The number of hydrogen-bond acceptors (Lipinski definition) is 10. The van der Waals surface area contributed by atoms with Crippen LogP contribution in [0.4, 0.5) is 0 Å². The van der Waals surface area contributed by atoms with Crippen LogP contribution in [0.2, 0.25) is 0 Å². The molecule has 14 heteroatoms. The molecule has 1 aliphatic rings. The topological polar surface area (TPSA) is 219 Å². The second-order valence-electron chi connectivity index (χ2n) is 17.9. The molecule has 0 saturated heterocycles. The minimum Gasteiger partial charge on any atom is -0.507 e. The van der Waals surface area contributed by atoms with Crippen LogP contribution < -0.4 is 5.32 Å². The van der Waals surface area contributed by atoms with Gasteiger partial charge < -0.3 is 35.5 Å². The van der Waals surface area contributed by atoms with E-state index in [-0.39, 0.29) is 66.2 Å². The number of carbonyl (C=O) groups excluding carboxylic acids is 6. The van der Waals surface area contributed by atoms with Gasteiger partial charge >= 0.3 is 5.97 Å². The number of likely N-dealkylation sites (N-methyl/N-ethyl adjacent to an activating group) is 2. The smallest absolute Gasteiger partial charge is 0.326 e. The molecule has 2 aromatic carbocycles. The van der Waals surface area contributed by atoms with E-state index in [2.05, 4.69) is 12.2 Å². The molecule has 3 amide bonds. The lowest BCUT2D eigenvalue weighted by molar-refractivity contribution is -0.143. The first-order valence-electron chi connectivity index (χ1n) is 23.3. The average molecular weight is 892 g/mol. The summed E-state index contributed by atoms with van der Waals surface area (Å²) in [4.78, 5) is 95.8. The Morgan fingerprint density at radius 3 is 1.83 bits per heavy atom. The van der Waals surface area contributed by atoms with Gasteiger partial charge in [0.05, 0.1) is 6.61 Å². The minimum absolute atomic E-state index is 0.118. The molecule has 0 radical (unpaired) electrons. The number of nitrogens with zero attached hydrogens (tertiary/aromatic N) is 2. The summed E-state index contributed by atoms with van der Waals surface area (Å²) in [6, 6.07) is 4.72. The van der Waals surface area contributed by atoms with Gasteiger partial charge in [-0.3, -0.25) is 28.8 Å². The summed E-state index contributed by atoms with van der Waals surface area (Å²) in [6.07, 6.45) is 14.4. The molecule has 0 aliphatic carbocycles. The number of aliphatic hydroxyl groups is 1. The molecule has 2 aromatic rings. The molecular weight excluding hydrogens is 819 g/mol. The molecule has 14 nitrogen and oxygen atoms in total. The van der Waals surface area contributed by atoms with Crippen molar-refractivity contribution in [3.63, 3.8) is 0 Å². The molecule has 1 unspecified atom stereocenters. The van der Waals surface area contributed by atoms with E-state index in [9.17, 15) is 54.0 Å². The van der Waals surface area contributed by atoms with E-state index in [1.54, 1.807) is 13.8 Å². The van der Waals surface area contributed by atoms with Gasteiger partial charge in [-0.2, -0.15) is 0 Å². The Bertz CT molecular complexity index is 1910. The lowest BCUT2D eigenvalue weighted by Crippen LogP contribution is -2.48. The van der Waals surface area contributed by atoms with Gasteiger partial charge in [0, 0.05) is 75.1 Å². The molecule has 0 saturated carbocycles. The zero-order valence-corrected chi connectivity index (χ0v) is 38.9. The van der Waals surface area contributed by atoms with Gasteiger partial charge in [0.1, 0.15) is 35.4 Å². The van der Waals surface area contributed by atoms with Gasteiger partial charge in [0.15, 0.2) is 11.6 Å². The molecule has 0 spiro atoms. The van der Waals surface area contributed by atoms with E-state index in [1.807, 2.05) is 0 Å². The molecular formula is C50H73N3O11. The van der Waals surface area contributed by atoms with Crippen LogP contribution in [0.15, 0.2) is 36.4 Å². The highest BCUT2D eigenvalue weighted by molar-refractivity contribution is 5.97. The fraction of sp³-hybridized carbons (Fsp3) is 0.620. The Labute approximate surface area is 379 Å². The number of phenolic OH excluding ortho intramolecular Hbond substituents is 2. The van der Waals surface area contributed by atoms with Crippen molar-refractivity contribution in [1.29, 1.82) is 0 Å². The normalized spacial score (nSPS) is 18.0. The molecule has 354 valence electrons. The number of amides is 3. The van der Waals surface area contributed by atoms with Crippen molar-refractivity contribution in [2.75, 3.05) is 20.7 Å². The van der Waals surface area contributed by atoms with Gasteiger partial charge in [-0.1, -0.05) is 117 Å². The van der Waals surface area contributed by atoms with E-state index < -0.39 is 77.6 Å². The number of unbranched alkanes of at least 4 members (excludes halogenated alkanes) is 12. The van der Waals surface area contributed by atoms with Crippen LogP contribution in [0.1, 0.15) is 154 Å². The molecule has 1 aliphatic heterocycles. The number of benzene rings is 2. The van der Waals surface area contributed by atoms with Crippen molar-refractivity contribution in [2.24, 2.45) is 17.8 Å². The lowest BCUT2D eigenvalue weighted by atomic mass is 9.84. The average Bonchev–Trinajstić information content (AvgIpc) is 3.26. The maximum Gasteiger partial charge on any atom is 0.326 e. The van der Waals surface area contributed by atoms with Crippen LogP contribution in [-0.2, 0) is 40.0 Å². The Kier molecular flexibility index (Phi) is 22.1. The predicted octanol–water partition coefficient (Wildman–Crippen LogP) is 7.48. The number of rotatable bonds is 25. The fourth-order valence-electron chi connectivity index (χ4n) is 8.40. The number of carbonyl (C=O) groups is 7. The minimum atomic E-state index is -1.36. The summed E-state index contributed by atoms with van der Waals surface area (Å²) in [5, 5.41) is 44.3. The number of Topliss-reactive ketones (excluding diaryl/α,β-unsaturated/α-hetero) is 3. The number of aliphatic hydroxyl groups excluding tert-OH is 1. The highest BCUT2D eigenvalue weighted by atomic mass is 16.4. The van der Waals surface area contributed by atoms with Crippen molar-refractivity contribution >= 4 is 41.0 Å². The third-order valence-electron chi connectivity index (χ3n) is 12.9. The van der Waals surface area contributed by atoms with Crippen LogP contribution in [0, 0.1) is 17.8 Å². The summed E-state index contributed by atoms with van der Waals surface area (Å²) >= 11 is 0. The lowest BCUT2D eigenvalue weighted by Gasteiger charge is -2.30. The van der Waals surface area contributed by atoms with Crippen molar-refractivity contribution in [2.45, 2.75) is 161 Å². The molecule has 6 atom stereocenters. The molecule has 0 aromatic heterocycles. The maximum absolute atomic E-state index is 14.1. The monoisotopic (exact) mass is 892 g/mol. The summed E-state index contributed by atoms with van der Waals surface area (Å²) < 4.78 is 0. The number of carboxylic acid groups (broad SMARTS) is 1. The van der Waals surface area contributed by atoms with Gasteiger partial charge in [0.2, 0.25) is 17.7 Å². The van der Waals surface area contributed by atoms with E-state index in [1.165, 1.54) is 120 Å². The molecule has 0 fully saturated rings. The predicted molar refractivity (Wildman–Crippen MR) is 244 cm³/mol. The van der Waals surface area contributed by atoms with E-state index in [0.717, 1.165) is 24.2 Å². The Hall–Kier alpha value is -5.11. The van der Waals surface area contributed by atoms with Crippen molar-refractivity contribution in [1.82, 2.24) is 15.1 Å². The second kappa shape index (κ2) is 26.6. The van der Waals surface area contributed by atoms with Gasteiger partial charge in [-0.05, 0) is 41.8 Å². The van der Waals surface area contributed by atoms with Crippen LogP contribution in [0.3, 0.4) is 0 Å². The van der Waals surface area contributed by atoms with E-state index in [0.29, 0.717) is 12.0 Å². The third kappa shape index (κ3) is 15.6. The van der Waals surface area contributed by atoms with Gasteiger partial charge in [0.25, 0.3) is 0 Å². The third-order valence-corrected chi connectivity index (χ3v) is 12.9. The van der Waals surface area contributed by atoms with Crippen molar-refractivity contribution < 1.29 is 54.0 Å². The number of hydrogen-bond donors (Lipinski definition) is 5. The zero-order valence-electron chi connectivity index (χ0n) is 38.9. The van der Waals surface area contributed by atoms with E-state index >= 15 is 0 Å². The number of ketones is 3. The standard InChI is InChI=1S/C50H73N3O11/c1-7-8-9-10-11-12-13-14-15-16-17-18-19-20-45(59)52(5)40(31-54)48(61)34(4)33(3)41(55)25-26-46(60)53(6)47-36-22-24-43(57)38(30-36)37-28-35(21-23-42(37)56)29-39(50(63)64)51-49(62)32(2)27-44(47)58/h21-24,28,30,32-34,39-40,47,54,56-57H,7-20,25-27,29,31H2,1-6H3,(H,51,62)(H,63,64)/t32-,33+,34?,39+,40-,47+/m1/s1. The van der Waals surface area contributed by atoms with Crippen molar-refractivity contribution in [3.05, 3.63) is 47.5 Å². The van der Waals surface area contributed by atoms with Crippen LogP contribution >= 0.6 is 0 Å². The van der Waals surface area contributed by atoms with Gasteiger partial charge in [-0.15, -0.1) is 0 Å². The molecule has 1 heterocycles. The van der Waals surface area contributed by atoms with E-state index in [4.69, 9.17) is 0 Å². The maximum atomic E-state index is 14.1. The van der Waals surface area contributed by atoms with Crippen LogP contribution in [0.25, 0.3) is 11.1 Å². The van der Waals surface area contributed by atoms with Gasteiger partial charge in [-0.25, -0.2) is 4.79 Å². The Morgan fingerprint density at radius 1 is 0.719 bits per heavy atom. The number of carboxylic acids is 1. The molecule has 5 N–H and O–H groups in total. The first kappa shape index (κ1) is 53.2. The number of aliphatic carboxylic acids is 1.